The van der Waals surface area contributed by atoms with Gasteiger partial charge in [-0.1, -0.05) is 54.2 Å². The highest BCUT2D eigenvalue weighted by atomic mass is 32.2. The van der Waals surface area contributed by atoms with Crippen LogP contribution in [0.2, 0.25) is 0 Å². The Kier molecular flexibility index (Phi) is 4.50. The van der Waals surface area contributed by atoms with Gasteiger partial charge in [-0.3, -0.25) is 0 Å². The summed E-state index contributed by atoms with van der Waals surface area (Å²) in [7, 11) is 0. The lowest BCUT2D eigenvalue weighted by Crippen LogP contribution is -1.93. The molecule has 0 atom stereocenters. The predicted molar refractivity (Wildman–Crippen MR) is 87.1 cm³/mol. The maximum Gasteiger partial charge on any atom is 0.212 e. The molecule has 5 nitrogen and oxygen atoms in total. The molecular formula is C16H14N4OS. The monoisotopic (exact) mass is 310 g/mol. The number of para-hydroxylation sites is 1. The average Bonchev–Trinajstić information content (AvgIpc) is 3.01. The Morgan fingerprint density at radius 1 is 1.09 bits per heavy atom. The number of aromatic nitrogens is 3. The standard InChI is InChI=1S/C16H14N4OS/c21-15-9-5-4-8-14(15)10-18-20-12-17-19-16(20)22-11-13-6-2-1-3-7-13/h1-10,12,21H,11H2. The van der Waals surface area contributed by atoms with Crippen LogP contribution in [-0.4, -0.2) is 26.2 Å². The minimum Gasteiger partial charge on any atom is -0.507 e. The number of hydrogen-bond acceptors (Lipinski definition) is 5. The summed E-state index contributed by atoms with van der Waals surface area (Å²) in [6.45, 7) is 0. The van der Waals surface area contributed by atoms with E-state index in [1.165, 1.54) is 5.56 Å². The Balaban J connectivity index is 1.71. The van der Waals surface area contributed by atoms with Crippen molar-refractivity contribution in [2.45, 2.75) is 10.9 Å². The van der Waals surface area contributed by atoms with Gasteiger partial charge in [0.15, 0.2) is 0 Å². The summed E-state index contributed by atoms with van der Waals surface area (Å²) in [4.78, 5) is 0. The molecule has 0 bridgehead atoms. The third-order valence-electron chi connectivity index (χ3n) is 2.97. The molecular weight excluding hydrogens is 296 g/mol. The Bertz CT molecular complexity index is 771. The third kappa shape index (κ3) is 3.53. The van der Waals surface area contributed by atoms with E-state index in [1.54, 1.807) is 47.2 Å². The fraction of sp³-hybridized carbons (Fsp3) is 0.0625. The summed E-state index contributed by atoms with van der Waals surface area (Å²) in [6.07, 6.45) is 3.13. The van der Waals surface area contributed by atoms with Crippen LogP contribution in [0.3, 0.4) is 0 Å². The molecule has 0 aliphatic rings. The number of aromatic hydroxyl groups is 1. The van der Waals surface area contributed by atoms with Gasteiger partial charge in [0.2, 0.25) is 5.16 Å². The van der Waals surface area contributed by atoms with Crippen LogP contribution in [0.25, 0.3) is 0 Å². The number of hydrogen-bond donors (Lipinski definition) is 1. The molecule has 6 heteroatoms. The second kappa shape index (κ2) is 6.91. The first-order chi connectivity index (χ1) is 10.8. The van der Waals surface area contributed by atoms with Crippen LogP contribution in [0.1, 0.15) is 11.1 Å². The van der Waals surface area contributed by atoms with Crippen LogP contribution in [-0.2, 0) is 5.75 Å². The van der Waals surface area contributed by atoms with Gasteiger partial charge in [-0.05, 0) is 17.7 Å². The van der Waals surface area contributed by atoms with Gasteiger partial charge >= 0.3 is 0 Å². The van der Waals surface area contributed by atoms with Crippen molar-refractivity contribution in [1.29, 1.82) is 0 Å². The third-order valence-corrected chi connectivity index (χ3v) is 3.97. The predicted octanol–water partition coefficient (Wildman–Crippen LogP) is 3.16. The van der Waals surface area contributed by atoms with Gasteiger partial charge < -0.3 is 5.11 Å². The summed E-state index contributed by atoms with van der Waals surface area (Å²) in [6, 6.07) is 17.2. The van der Waals surface area contributed by atoms with E-state index in [4.69, 9.17) is 0 Å². The van der Waals surface area contributed by atoms with E-state index >= 15 is 0 Å². The SMILES string of the molecule is Oc1ccccc1C=Nn1cnnc1SCc1ccccc1. The van der Waals surface area contributed by atoms with Crippen molar-refractivity contribution in [3.63, 3.8) is 0 Å². The second-order valence-corrected chi connectivity index (χ2v) is 5.48. The number of nitrogens with zero attached hydrogens (tertiary/aromatic N) is 4. The highest BCUT2D eigenvalue weighted by molar-refractivity contribution is 7.98. The molecule has 1 N–H and O–H groups in total. The number of phenols is 1. The van der Waals surface area contributed by atoms with Crippen LogP contribution < -0.4 is 0 Å². The number of phenolic OH excluding ortho intramolecular Hbond substituents is 1. The number of benzene rings is 2. The maximum atomic E-state index is 9.72. The molecule has 2 aromatic carbocycles. The molecule has 0 aliphatic heterocycles. The van der Waals surface area contributed by atoms with Crippen molar-refractivity contribution in [1.82, 2.24) is 14.9 Å². The molecule has 0 fully saturated rings. The lowest BCUT2D eigenvalue weighted by Gasteiger charge is -2.01. The first kappa shape index (κ1) is 14.3. The van der Waals surface area contributed by atoms with E-state index in [1.807, 2.05) is 24.3 Å². The van der Waals surface area contributed by atoms with Crippen LogP contribution in [0, 0.1) is 0 Å². The van der Waals surface area contributed by atoms with Crippen molar-refractivity contribution >= 4 is 18.0 Å². The van der Waals surface area contributed by atoms with E-state index in [9.17, 15) is 5.11 Å². The molecule has 1 aromatic heterocycles. The average molecular weight is 310 g/mol. The number of rotatable bonds is 5. The summed E-state index contributed by atoms with van der Waals surface area (Å²) >= 11 is 1.56. The van der Waals surface area contributed by atoms with Crippen molar-refractivity contribution in [2.75, 3.05) is 0 Å². The fourth-order valence-corrected chi connectivity index (χ4v) is 2.66. The molecule has 0 spiro atoms. The fourth-order valence-electron chi connectivity index (χ4n) is 1.84. The van der Waals surface area contributed by atoms with E-state index in [0.29, 0.717) is 10.7 Å². The summed E-state index contributed by atoms with van der Waals surface area (Å²) < 4.78 is 1.60. The van der Waals surface area contributed by atoms with Crippen molar-refractivity contribution in [3.8, 4) is 5.75 Å². The molecule has 3 rings (SSSR count). The zero-order chi connectivity index (χ0) is 15.2. The summed E-state index contributed by atoms with van der Waals surface area (Å²) in [5.74, 6) is 0.990. The van der Waals surface area contributed by atoms with Gasteiger partial charge in [-0.2, -0.15) is 9.78 Å². The van der Waals surface area contributed by atoms with Gasteiger partial charge in [-0.25, -0.2) is 0 Å². The lowest BCUT2D eigenvalue weighted by atomic mass is 10.2. The molecule has 3 aromatic rings. The topological polar surface area (TPSA) is 63.3 Å². The molecule has 110 valence electrons. The molecule has 22 heavy (non-hydrogen) atoms. The van der Waals surface area contributed by atoms with Crippen molar-refractivity contribution in [2.24, 2.45) is 5.10 Å². The Hall–Kier alpha value is -2.60. The van der Waals surface area contributed by atoms with Crippen LogP contribution >= 0.6 is 11.8 Å². The first-order valence-corrected chi connectivity index (χ1v) is 7.70. The molecule has 0 amide bonds. The molecule has 1 heterocycles. The van der Waals surface area contributed by atoms with E-state index in [2.05, 4.69) is 27.4 Å². The summed E-state index contributed by atoms with van der Waals surface area (Å²) in [5, 5.41) is 22.7. The highest BCUT2D eigenvalue weighted by Gasteiger charge is 2.04. The van der Waals surface area contributed by atoms with Crippen molar-refractivity contribution < 1.29 is 5.11 Å². The van der Waals surface area contributed by atoms with Gasteiger partial charge in [-0.15, -0.1) is 10.2 Å². The van der Waals surface area contributed by atoms with E-state index in [0.717, 1.165) is 5.75 Å². The van der Waals surface area contributed by atoms with Gasteiger partial charge in [0.25, 0.3) is 0 Å². The molecule has 0 aliphatic carbocycles. The second-order valence-electron chi connectivity index (χ2n) is 4.54. The van der Waals surface area contributed by atoms with Gasteiger partial charge in [0.1, 0.15) is 12.1 Å². The minimum atomic E-state index is 0.192. The first-order valence-electron chi connectivity index (χ1n) is 6.72. The van der Waals surface area contributed by atoms with E-state index in [-0.39, 0.29) is 5.75 Å². The van der Waals surface area contributed by atoms with Gasteiger partial charge in [0.05, 0.1) is 6.21 Å². The molecule has 0 radical (unpaired) electrons. The Morgan fingerprint density at radius 2 is 1.86 bits per heavy atom. The lowest BCUT2D eigenvalue weighted by molar-refractivity contribution is 0.474. The minimum absolute atomic E-state index is 0.192. The van der Waals surface area contributed by atoms with Crippen LogP contribution in [0.4, 0.5) is 0 Å². The smallest absolute Gasteiger partial charge is 0.212 e. The van der Waals surface area contributed by atoms with Crippen molar-refractivity contribution in [3.05, 3.63) is 72.1 Å². The Morgan fingerprint density at radius 3 is 2.68 bits per heavy atom. The zero-order valence-electron chi connectivity index (χ0n) is 11.7. The van der Waals surface area contributed by atoms with E-state index < -0.39 is 0 Å². The zero-order valence-corrected chi connectivity index (χ0v) is 12.5. The molecule has 0 unspecified atom stereocenters. The van der Waals surface area contributed by atoms with Crippen LogP contribution in [0.5, 0.6) is 5.75 Å². The quantitative estimate of drug-likeness (QED) is 0.581. The largest absolute Gasteiger partial charge is 0.507 e. The van der Waals surface area contributed by atoms with Gasteiger partial charge in [0, 0.05) is 11.3 Å². The maximum absolute atomic E-state index is 9.72. The highest BCUT2D eigenvalue weighted by Crippen LogP contribution is 2.20. The molecule has 0 saturated heterocycles. The normalized spacial score (nSPS) is 11.1. The summed E-state index contributed by atoms with van der Waals surface area (Å²) in [5.41, 5.74) is 1.86. The molecule has 0 saturated carbocycles. The number of thioether (sulfide) groups is 1. The Labute approximate surface area is 132 Å². The van der Waals surface area contributed by atoms with Crippen LogP contribution in [0.15, 0.2) is 71.2 Å².